The summed E-state index contributed by atoms with van der Waals surface area (Å²) in [5.74, 6) is -1.67. The number of carbonyl (C=O) groups excluding carboxylic acids is 1. The number of rotatable bonds is 8. The summed E-state index contributed by atoms with van der Waals surface area (Å²) in [6.45, 7) is 2.33. The van der Waals surface area contributed by atoms with E-state index < -0.39 is 23.0 Å². The van der Waals surface area contributed by atoms with Crippen molar-refractivity contribution in [3.05, 3.63) is 79.8 Å². The van der Waals surface area contributed by atoms with Crippen molar-refractivity contribution in [1.29, 1.82) is 0 Å². The third-order valence-electron chi connectivity index (χ3n) is 7.56. The van der Waals surface area contributed by atoms with Crippen molar-refractivity contribution in [2.24, 2.45) is 11.7 Å². The number of methoxy groups -OCH3 is 2. The number of ether oxygens (including phenoxy) is 2. The molecule has 0 saturated carbocycles. The van der Waals surface area contributed by atoms with E-state index in [1.54, 1.807) is 12.1 Å². The zero-order chi connectivity index (χ0) is 27.8. The Hall–Kier alpha value is -4.25. The Labute approximate surface area is 224 Å². The normalized spacial score (nSPS) is 19.2. The minimum Gasteiger partial charge on any atom is -0.502 e. The predicted molar refractivity (Wildman–Crippen MR) is 140 cm³/mol. The number of carbonyl (C=O) groups is 1. The predicted octanol–water partition coefficient (Wildman–Crippen LogP) is 1.86. The fraction of sp³-hybridized carbons (Fsp3) is 0.393. The van der Waals surface area contributed by atoms with E-state index in [-0.39, 0.29) is 46.8 Å². The summed E-state index contributed by atoms with van der Waals surface area (Å²) in [7, 11) is 2.73. The van der Waals surface area contributed by atoms with Gasteiger partial charge in [0.2, 0.25) is 22.8 Å². The number of aromatic hydroxyl groups is 2. The molecule has 3 aromatic rings. The van der Waals surface area contributed by atoms with Gasteiger partial charge in [0.1, 0.15) is 5.76 Å². The van der Waals surface area contributed by atoms with Crippen molar-refractivity contribution in [3.63, 3.8) is 0 Å². The lowest BCUT2D eigenvalue weighted by Gasteiger charge is -2.42. The molecule has 1 saturated heterocycles. The number of primary amides is 1. The number of likely N-dealkylation sites (tertiary alicyclic amines) is 1. The smallest absolute Gasteiger partial charge is 0.250 e. The third-order valence-corrected chi connectivity index (χ3v) is 7.56. The lowest BCUT2D eigenvalue weighted by Crippen LogP contribution is -2.46. The Morgan fingerprint density at radius 2 is 1.79 bits per heavy atom. The number of piperidine rings is 1. The zero-order valence-corrected chi connectivity index (χ0v) is 21.8. The van der Waals surface area contributed by atoms with Crippen LogP contribution in [0.25, 0.3) is 0 Å². The van der Waals surface area contributed by atoms with Crippen LogP contribution in [-0.4, -0.2) is 52.9 Å². The molecule has 0 radical (unpaired) electrons. The molecule has 1 aromatic carbocycles. The molecule has 2 aliphatic rings. The number of nitrogens with two attached hydrogens (primary N) is 1. The first-order valence-electron chi connectivity index (χ1n) is 12.7. The first-order chi connectivity index (χ1) is 18.7. The number of phenols is 1. The van der Waals surface area contributed by atoms with Gasteiger partial charge in [-0.05, 0) is 36.1 Å². The van der Waals surface area contributed by atoms with Crippen LogP contribution in [0.4, 0.5) is 0 Å². The highest BCUT2D eigenvalue weighted by Crippen LogP contribution is 2.43. The van der Waals surface area contributed by atoms with Gasteiger partial charge < -0.3 is 34.4 Å². The lowest BCUT2D eigenvalue weighted by molar-refractivity contribution is -0.118. The van der Waals surface area contributed by atoms with Crippen molar-refractivity contribution in [1.82, 2.24) is 9.47 Å². The van der Waals surface area contributed by atoms with Gasteiger partial charge in [-0.2, -0.15) is 0 Å². The quantitative estimate of drug-likeness (QED) is 0.390. The lowest BCUT2D eigenvalue weighted by atomic mass is 9.83. The molecule has 1 fully saturated rings. The summed E-state index contributed by atoms with van der Waals surface area (Å²) in [5.41, 5.74) is 6.29. The van der Waals surface area contributed by atoms with E-state index in [0.29, 0.717) is 37.5 Å². The van der Waals surface area contributed by atoms with E-state index in [4.69, 9.17) is 19.6 Å². The molecular weight excluding hydrogens is 506 g/mol. The van der Waals surface area contributed by atoms with Crippen molar-refractivity contribution in [2.75, 3.05) is 27.3 Å². The molecule has 2 aliphatic heterocycles. The monoisotopic (exact) mass is 537 g/mol. The summed E-state index contributed by atoms with van der Waals surface area (Å²) in [5, 5.41) is 21.1. The molecule has 0 spiro atoms. The van der Waals surface area contributed by atoms with Crippen LogP contribution >= 0.6 is 0 Å². The van der Waals surface area contributed by atoms with Crippen molar-refractivity contribution >= 4 is 5.91 Å². The Morgan fingerprint density at radius 3 is 2.46 bits per heavy atom. The second-order valence-electron chi connectivity index (χ2n) is 10.2. The summed E-state index contributed by atoms with van der Waals surface area (Å²) < 4.78 is 18.4. The number of hydrogen-bond acceptors (Lipinski definition) is 9. The van der Waals surface area contributed by atoms with Gasteiger partial charge in [0.05, 0.1) is 26.7 Å². The molecule has 0 aliphatic carbocycles. The molecule has 39 heavy (non-hydrogen) atoms. The SMILES string of the molecule is COc1cc([C@@H](CC(N)=O)c2oc(CN3C[C@H]4C[C@@H](C3)c3cccc(=O)n3C4)cc(=O)c2O)cc(OC)c1O. The van der Waals surface area contributed by atoms with Crippen molar-refractivity contribution in [2.45, 2.75) is 37.8 Å². The average molecular weight is 538 g/mol. The van der Waals surface area contributed by atoms with Crippen LogP contribution < -0.4 is 26.2 Å². The van der Waals surface area contributed by atoms with E-state index in [1.165, 1.54) is 32.4 Å². The second-order valence-corrected chi connectivity index (χ2v) is 10.2. The van der Waals surface area contributed by atoms with Gasteiger partial charge in [0.25, 0.3) is 5.56 Å². The molecule has 2 bridgehead atoms. The number of aromatic nitrogens is 1. The minimum absolute atomic E-state index is 0.00723. The highest BCUT2D eigenvalue weighted by Gasteiger charge is 2.35. The summed E-state index contributed by atoms with van der Waals surface area (Å²) in [6.07, 6.45) is 0.701. The topological polar surface area (TPSA) is 157 Å². The molecule has 5 rings (SSSR count). The van der Waals surface area contributed by atoms with Crippen LogP contribution in [0.3, 0.4) is 0 Å². The van der Waals surface area contributed by atoms with Gasteiger partial charge in [0.15, 0.2) is 17.3 Å². The van der Waals surface area contributed by atoms with Gasteiger partial charge in [-0.25, -0.2) is 0 Å². The van der Waals surface area contributed by atoms with E-state index >= 15 is 0 Å². The molecule has 206 valence electrons. The number of amides is 1. The zero-order valence-electron chi connectivity index (χ0n) is 21.8. The minimum atomic E-state index is -0.946. The van der Waals surface area contributed by atoms with Crippen LogP contribution in [0.15, 0.2) is 50.4 Å². The molecule has 4 N–H and O–H groups in total. The number of pyridine rings is 1. The summed E-state index contributed by atoms with van der Waals surface area (Å²) in [4.78, 5) is 39.4. The molecule has 3 atom stereocenters. The van der Waals surface area contributed by atoms with Crippen LogP contribution in [-0.2, 0) is 17.9 Å². The summed E-state index contributed by atoms with van der Waals surface area (Å²) in [6, 6.07) is 9.55. The first kappa shape index (κ1) is 26.4. The molecule has 11 heteroatoms. The summed E-state index contributed by atoms with van der Waals surface area (Å²) >= 11 is 0. The van der Waals surface area contributed by atoms with Crippen molar-refractivity contribution in [3.8, 4) is 23.0 Å². The van der Waals surface area contributed by atoms with Gasteiger partial charge in [0, 0.05) is 49.8 Å². The number of phenolic OH excluding ortho intramolecular Hbond substituents is 1. The molecular formula is C28H31N3O8. The molecule has 0 unspecified atom stereocenters. The number of benzene rings is 1. The second kappa shape index (κ2) is 10.5. The molecule has 11 nitrogen and oxygen atoms in total. The average Bonchev–Trinajstić information content (AvgIpc) is 2.90. The van der Waals surface area contributed by atoms with Gasteiger partial charge in [-0.3, -0.25) is 19.3 Å². The van der Waals surface area contributed by atoms with E-state index in [2.05, 4.69) is 4.90 Å². The fourth-order valence-electron chi connectivity index (χ4n) is 5.89. The Bertz CT molecular complexity index is 1500. The standard InChI is InChI=1S/C28H31N3O8/c1-37-22-7-16(8-23(38-2)27(22)36)19(10-24(29)33)28-26(35)21(32)9-18(39-28)14-30-11-15-6-17(13-30)20-4-3-5-25(34)31(20)12-15/h3-5,7-9,15,17,19,35-36H,6,10-14H2,1-2H3,(H2,29,33)/t15-,17+,19-/m1/s1. The highest BCUT2D eigenvalue weighted by molar-refractivity contribution is 5.75. The largest absolute Gasteiger partial charge is 0.502 e. The van der Waals surface area contributed by atoms with Gasteiger partial charge in [-0.15, -0.1) is 0 Å². The first-order valence-corrected chi connectivity index (χ1v) is 12.7. The highest BCUT2D eigenvalue weighted by atomic mass is 16.5. The van der Waals surface area contributed by atoms with E-state index in [9.17, 15) is 24.6 Å². The fourth-order valence-corrected chi connectivity index (χ4v) is 5.89. The maximum absolute atomic E-state index is 12.8. The Morgan fingerprint density at radius 1 is 1.08 bits per heavy atom. The van der Waals surface area contributed by atoms with Gasteiger partial charge in [-0.1, -0.05) is 6.07 Å². The van der Waals surface area contributed by atoms with Crippen LogP contribution in [0.1, 0.15) is 47.5 Å². The maximum atomic E-state index is 12.8. The number of hydrogen-bond donors (Lipinski definition) is 3. The van der Waals surface area contributed by atoms with E-state index in [1.807, 2.05) is 10.6 Å². The Kier molecular flexibility index (Phi) is 7.09. The van der Waals surface area contributed by atoms with Crippen LogP contribution in [0.2, 0.25) is 0 Å². The Balaban J connectivity index is 1.49. The van der Waals surface area contributed by atoms with Crippen LogP contribution in [0, 0.1) is 5.92 Å². The number of fused-ring (bicyclic) bond motifs is 4. The van der Waals surface area contributed by atoms with E-state index in [0.717, 1.165) is 12.1 Å². The molecule has 4 heterocycles. The van der Waals surface area contributed by atoms with Gasteiger partial charge >= 0.3 is 0 Å². The van der Waals surface area contributed by atoms with Crippen molar-refractivity contribution < 1.29 is 28.9 Å². The maximum Gasteiger partial charge on any atom is 0.250 e. The third kappa shape index (κ3) is 5.09. The molecule has 2 aromatic heterocycles. The molecule has 1 amide bonds. The number of nitrogens with zero attached hydrogens (tertiary/aromatic N) is 2. The van der Waals surface area contributed by atoms with Crippen LogP contribution in [0.5, 0.6) is 23.0 Å².